The van der Waals surface area contributed by atoms with Crippen LogP contribution in [0.5, 0.6) is 0 Å². The van der Waals surface area contributed by atoms with Gasteiger partial charge >= 0.3 is 0 Å². The average molecular weight is 363 g/mol. The number of nitrogen functional groups attached to an aromatic ring is 1. The fourth-order valence-corrected chi connectivity index (χ4v) is 4.32. The van der Waals surface area contributed by atoms with Crippen molar-refractivity contribution in [3.05, 3.63) is 47.9 Å². The number of ether oxygens (including phenoxy) is 1. The van der Waals surface area contributed by atoms with Gasteiger partial charge in [-0.15, -0.1) is 0 Å². The summed E-state index contributed by atoms with van der Waals surface area (Å²) >= 11 is 0. The van der Waals surface area contributed by atoms with E-state index in [1.807, 2.05) is 30.5 Å². The highest BCUT2D eigenvalue weighted by atomic mass is 16.5. The number of methoxy groups -OCH3 is 1. The molecule has 2 fully saturated rings. The van der Waals surface area contributed by atoms with E-state index in [1.54, 1.807) is 7.11 Å². The predicted molar refractivity (Wildman–Crippen MR) is 102 cm³/mol. The Kier molecular flexibility index (Phi) is 3.48. The number of nitrogens with two attached hydrogens (primary N) is 1. The van der Waals surface area contributed by atoms with Crippen LogP contribution in [0.3, 0.4) is 0 Å². The summed E-state index contributed by atoms with van der Waals surface area (Å²) < 4.78 is 7.27. The molecule has 3 aromatic rings. The number of hydrogen-bond acceptors (Lipinski definition) is 5. The van der Waals surface area contributed by atoms with Crippen LogP contribution in [-0.4, -0.2) is 27.6 Å². The van der Waals surface area contributed by atoms with Crippen molar-refractivity contribution < 1.29 is 9.53 Å². The van der Waals surface area contributed by atoms with E-state index >= 15 is 0 Å². The van der Waals surface area contributed by atoms with Gasteiger partial charge in [0.15, 0.2) is 0 Å². The first-order chi connectivity index (χ1) is 13.1. The summed E-state index contributed by atoms with van der Waals surface area (Å²) in [5, 5.41) is 3.59. The minimum atomic E-state index is -0.201. The first-order valence-electron chi connectivity index (χ1n) is 9.13. The molecular formula is C20H21N5O2. The Hall–Kier alpha value is -2.93. The molecule has 0 aliphatic heterocycles. The molecule has 1 aromatic carbocycles. The van der Waals surface area contributed by atoms with Crippen molar-refractivity contribution in [2.75, 3.05) is 18.2 Å². The van der Waals surface area contributed by atoms with Crippen molar-refractivity contribution in [3.8, 4) is 0 Å². The molecule has 1 unspecified atom stereocenters. The number of anilines is 2. The van der Waals surface area contributed by atoms with E-state index in [-0.39, 0.29) is 11.4 Å². The summed E-state index contributed by atoms with van der Waals surface area (Å²) in [6.07, 6.45) is 6.91. The Morgan fingerprint density at radius 2 is 2.19 bits per heavy atom. The van der Waals surface area contributed by atoms with E-state index < -0.39 is 0 Å². The van der Waals surface area contributed by atoms with Gasteiger partial charge in [0.1, 0.15) is 17.8 Å². The molecule has 1 amide bonds. The molecular weight excluding hydrogens is 342 g/mol. The highest BCUT2D eigenvalue weighted by molar-refractivity contribution is 6.14. The maximum atomic E-state index is 13.0. The molecule has 138 valence electrons. The largest absolute Gasteiger partial charge is 0.383 e. The minimum Gasteiger partial charge on any atom is -0.383 e. The molecule has 2 heterocycles. The van der Waals surface area contributed by atoms with E-state index in [2.05, 4.69) is 19.9 Å². The summed E-state index contributed by atoms with van der Waals surface area (Å²) in [5.41, 5.74) is 9.30. The SMILES string of the molecule is COCc1ccc(NC(=O)c2cn(C34CC[C@@H]3C4)c3ncnc(N)c23)cc1. The molecule has 0 bridgehead atoms. The van der Waals surface area contributed by atoms with Gasteiger partial charge in [0.25, 0.3) is 5.91 Å². The van der Waals surface area contributed by atoms with E-state index in [4.69, 9.17) is 10.5 Å². The zero-order chi connectivity index (χ0) is 18.6. The number of hydrogen-bond donors (Lipinski definition) is 2. The second-order valence-electron chi connectivity index (χ2n) is 7.50. The molecule has 5 rings (SSSR count). The molecule has 2 saturated carbocycles. The number of fused-ring (bicyclic) bond motifs is 2. The number of carbonyl (C=O) groups is 1. The molecule has 27 heavy (non-hydrogen) atoms. The smallest absolute Gasteiger partial charge is 0.258 e. The van der Waals surface area contributed by atoms with Crippen molar-refractivity contribution in [2.45, 2.75) is 31.4 Å². The predicted octanol–water partition coefficient (Wildman–Crippen LogP) is 2.92. The van der Waals surface area contributed by atoms with Gasteiger partial charge in [-0.25, -0.2) is 9.97 Å². The summed E-state index contributed by atoms with van der Waals surface area (Å²) in [6, 6.07) is 7.60. The Labute approximate surface area is 156 Å². The molecule has 0 saturated heterocycles. The van der Waals surface area contributed by atoms with Gasteiger partial charge in [0.05, 0.1) is 17.6 Å². The average Bonchev–Trinajstić information content (AvgIpc) is 3.01. The van der Waals surface area contributed by atoms with Crippen LogP contribution in [0.25, 0.3) is 11.0 Å². The number of nitrogens with one attached hydrogen (secondary N) is 1. The number of rotatable bonds is 5. The molecule has 2 aliphatic rings. The molecule has 0 radical (unpaired) electrons. The molecule has 3 N–H and O–H groups in total. The van der Waals surface area contributed by atoms with Crippen LogP contribution in [-0.2, 0) is 16.9 Å². The van der Waals surface area contributed by atoms with Gasteiger partial charge in [0, 0.05) is 24.5 Å². The Morgan fingerprint density at radius 1 is 1.37 bits per heavy atom. The lowest BCUT2D eigenvalue weighted by atomic mass is 9.93. The summed E-state index contributed by atoms with van der Waals surface area (Å²) in [6.45, 7) is 0.541. The molecule has 2 aromatic heterocycles. The van der Waals surface area contributed by atoms with Gasteiger partial charge in [-0.1, -0.05) is 12.1 Å². The zero-order valence-corrected chi connectivity index (χ0v) is 15.1. The standard InChI is InChI=1S/C20H21N5O2/c1-27-10-12-2-4-14(5-3-12)24-19(26)15-9-25(20-7-6-13(20)8-20)18-16(15)17(21)22-11-23-18/h2-5,9,11,13H,6-8,10H2,1H3,(H,24,26)(H2,21,22,23)/t13-,20?/m1/s1. The van der Waals surface area contributed by atoms with Crippen LogP contribution in [0, 0.1) is 5.92 Å². The van der Waals surface area contributed by atoms with Crippen LogP contribution >= 0.6 is 0 Å². The van der Waals surface area contributed by atoms with Crippen LogP contribution in [0.1, 0.15) is 35.2 Å². The number of nitrogens with zero attached hydrogens (tertiary/aromatic N) is 3. The summed E-state index contributed by atoms with van der Waals surface area (Å²) in [4.78, 5) is 21.5. The molecule has 7 heteroatoms. The maximum Gasteiger partial charge on any atom is 0.258 e. The van der Waals surface area contributed by atoms with E-state index in [9.17, 15) is 4.79 Å². The summed E-state index contributed by atoms with van der Waals surface area (Å²) in [5.74, 6) is 0.841. The Balaban J connectivity index is 1.50. The second-order valence-corrected chi connectivity index (χ2v) is 7.50. The first kappa shape index (κ1) is 16.3. The van der Waals surface area contributed by atoms with Crippen molar-refractivity contribution in [1.82, 2.24) is 14.5 Å². The van der Waals surface area contributed by atoms with Crippen LogP contribution in [0.2, 0.25) is 0 Å². The van der Waals surface area contributed by atoms with Gasteiger partial charge < -0.3 is 20.4 Å². The molecule has 0 spiro atoms. The number of carbonyl (C=O) groups excluding carboxylic acids is 1. The zero-order valence-electron chi connectivity index (χ0n) is 15.1. The van der Waals surface area contributed by atoms with Crippen molar-refractivity contribution in [3.63, 3.8) is 0 Å². The Bertz CT molecular complexity index is 1040. The lowest BCUT2D eigenvalue weighted by molar-refractivity contribution is 0.102. The summed E-state index contributed by atoms with van der Waals surface area (Å²) in [7, 11) is 1.66. The minimum absolute atomic E-state index is 0.138. The fraction of sp³-hybridized carbons (Fsp3) is 0.350. The highest BCUT2D eigenvalue weighted by Gasteiger charge is 2.63. The van der Waals surface area contributed by atoms with Gasteiger partial charge in [-0.3, -0.25) is 4.79 Å². The fourth-order valence-electron chi connectivity index (χ4n) is 4.32. The van der Waals surface area contributed by atoms with Gasteiger partial charge in [-0.05, 0) is 42.9 Å². The molecule has 2 aliphatic carbocycles. The van der Waals surface area contributed by atoms with Crippen molar-refractivity contribution in [2.24, 2.45) is 5.92 Å². The van der Waals surface area contributed by atoms with Crippen LogP contribution in [0.15, 0.2) is 36.8 Å². The molecule has 2 atom stereocenters. The third-order valence-corrected chi connectivity index (χ3v) is 5.98. The van der Waals surface area contributed by atoms with Gasteiger partial charge in [-0.2, -0.15) is 0 Å². The topological polar surface area (TPSA) is 95.1 Å². The van der Waals surface area contributed by atoms with E-state index in [0.29, 0.717) is 29.3 Å². The Morgan fingerprint density at radius 3 is 2.81 bits per heavy atom. The van der Waals surface area contributed by atoms with E-state index in [0.717, 1.165) is 29.7 Å². The number of aromatic nitrogens is 3. The van der Waals surface area contributed by atoms with Crippen LogP contribution in [0.4, 0.5) is 11.5 Å². The maximum absolute atomic E-state index is 13.0. The van der Waals surface area contributed by atoms with Crippen LogP contribution < -0.4 is 11.1 Å². The number of benzene rings is 1. The lowest BCUT2D eigenvalue weighted by Crippen LogP contribution is -2.26. The number of amides is 1. The van der Waals surface area contributed by atoms with E-state index in [1.165, 1.54) is 12.7 Å². The van der Waals surface area contributed by atoms with Crippen molar-refractivity contribution >= 4 is 28.4 Å². The highest BCUT2D eigenvalue weighted by Crippen LogP contribution is 2.66. The van der Waals surface area contributed by atoms with Crippen molar-refractivity contribution in [1.29, 1.82) is 0 Å². The third-order valence-electron chi connectivity index (χ3n) is 5.98. The monoisotopic (exact) mass is 363 g/mol. The quantitative estimate of drug-likeness (QED) is 0.727. The second kappa shape index (κ2) is 5.79. The van der Waals surface area contributed by atoms with Gasteiger partial charge in [0.2, 0.25) is 0 Å². The molecule has 7 nitrogen and oxygen atoms in total. The first-order valence-corrected chi connectivity index (χ1v) is 9.13. The third kappa shape index (κ3) is 2.42. The lowest BCUT2D eigenvalue weighted by Gasteiger charge is -2.27. The normalized spacial score (nSPS) is 22.9.